The number of fused-ring (bicyclic) bond motifs is 1. The first kappa shape index (κ1) is 31.4. The molecular formula is C23H40N7O7P. The zero-order valence-corrected chi connectivity index (χ0v) is 23.7. The van der Waals surface area contributed by atoms with Gasteiger partial charge in [-0.2, -0.15) is 9.97 Å². The van der Waals surface area contributed by atoms with E-state index in [1.165, 1.54) is 7.11 Å². The fraction of sp³-hybridized carbons (Fsp3) is 0.696. The molecule has 2 aromatic heterocycles. The van der Waals surface area contributed by atoms with Crippen LogP contribution in [0.5, 0.6) is 5.88 Å². The van der Waals surface area contributed by atoms with Crippen molar-refractivity contribution in [2.45, 2.75) is 72.0 Å². The number of nitrogens with one attached hydrogen (secondary N) is 2. The van der Waals surface area contributed by atoms with Gasteiger partial charge >= 0.3 is 11.9 Å². The maximum Gasteiger partial charge on any atom is 0.323 e. The Hall–Kier alpha value is -2.80. The molecule has 38 heavy (non-hydrogen) atoms. The van der Waals surface area contributed by atoms with Crippen molar-refractivity contribution in [1.29, 1.82) is 0 Å². The number of nitrogen functional groups attached to an aromatic ring is 1. The third-order valence-electron chi connectivity index (χ3n) is 5.39. The summed E-state index contributed by atoms with van der Waals surface area (Å²) >= 11 is 0. The number of nitrogens with zero attached hydrogens (tertiary/aromatic N) is 4. The van der Waals surface area contributed by atoms with Gasteiger partial charge in [-0.3, -0.25) is 14.2 Å². The third kappa shape index (κ3) is 9.50. The van der Waals surface area contributed by atoms with Crippen LogP contribution in [0.3, 0.4) is 0 Å². The third-order valence-corrected chi connectivity index (χ3v) is 7.54. The van der Waals surface area contributed by atoms with Crippen LogP contribution in [-0.2, 0) is 34.9 Å². The molecule has 0 bridgehead atoms. The number of anilines is 1. The number of unbranched alkanes of at least 4 members (excludes halogenated alkanes) is 2. The second-order valence-corrected chi connectivity index (χ2v) is 11.0. The Morgan fingerprint density at radius 2 is 1.61 bits per heavy atom. The fourth-order valence-electron chi connectivity index (χ4n) is 3.32. The molecule has 2 heterocycles. The Morgan fingerprint density at radius 3 is 2.13 bits per heavy atom. The van der Waals surface area contributed by atoms with E-state index in [2.05, 4.69) is 25.1 Å². The highest BCUT2D eigenvalue weighted by Crippen LogP contribution is 2.37. The van der Waals surface area contributed by atoms with E-state index in [-0.39, 0.29) is 38.0 Å². The molecule has 214 valence electrons. The molecule has 0 spiro atoms. The molecule has 0 unspecified atom stereocenters. The molecule has 0 aliphatic heterocycles. The molecule has 0 aliphatic carbocycles. The summed E-state index contributed by atoms with van der Waals surface area (Å²) in [7, 11) is -2.15. The maximum absolute atomic E-state index is 13.8. The summed E-state index contributed by atoms with van der Waals surface area (Å²) < 4.78 is 36.8. The highest BCUT2D eigenvalue weighted by molar-refractivity contribution is 7.59. The minimum Gasteiger partial charge on any atom is -0.479 e. The van der Waals surface area contributed by atoms with Crippen LogP contribution in [-0.4, -0.2) is 76.8 Å². The van der Waals surface area contributed by atoms with Gasteiger partial charge in [0.1, 0.15) is 18.4 Å². The number of imidazole rings is 1. The van der Waals surface area contributed by atoms with Crippen LogP contribution in [0, 0.1) is 0 Å². The summed E-state index contributed by atoms with van der Waals surface area (Å²) in [5, 5.41) is 5.57. The quantitative estimate of drug-likeness (QED) is 0.138. The number of methoxy groups -OCH3 is 1. The lowest BCUT2D eigenvalue weighted by molar-refractivity contribution is -0.145. The molecule has 4 N–H and O–H groups in total. The van der Waals surface area contributed by atoms with Gasteiger partial charge in [-0.25, -0.2) is 15.2 Å². The Kier molecular flexibility index (Phi) is 12.9. The van der Waals surface area contributed by atoms with E-state index in [1.54, 1.807) is 24.7 Å². The Labute approximate surface area is 222 Å². The highest BCUT2D eigenvalue weighted by atomic mass is 31.2. The molecule has 2 rings (SSSR count). The normalized spacial score (nSPS) is 13.3. The van der Waals surface area contributed by atoms with E-state index < -0.39 is 31.5 Å². The van der Waals surface area contributed by atoms with E-state index >= 15 is 0 Å². The topological polar surface area (TPSA) is 182 Å². The molecule has 2 atom stereocenters. The van der Waals surface area contributed by atoms with Gasteiger partial charge < -0.3 is 29.2 Å². The van der Waals surface area contributed by atoms with E-state index in [4.69, 9.17) is 24.7 Å². The summed E-state index contributed by atoms with van der Waals surface area (Å²) in [4.78, 5) is 37.2. The summed E-state index contributed by atoms with van der Waals surface area (Å²) in [5.41, 5.74) is 6.66. The molecule has 0 saturated heterocycles. The van der Waals surface area contributed by atoms with Crippen molar-refractivity contribution >= 4 is 36.5 Å². The lowest BCUT2D eigenvalue weighted by atomic mass is 10.3. The Bertz CT molecular complexity index is 1060. The summed E-state index contributed by atoms with van der Waals surface area (Å²) in [6.07, 6.45) is 4.44. The van der Waals surface area contributed by atoms with Crippen LogP contribution in [0.25, 0.3) is 11.2 Å². The van der Waals surface area contributed by atoms with Crippen molar-refractivity contribution < 1.29 is 33.1 Å². The molecule has 0 amide bonds. The second kappa shape index (κ2) is 15.6. The second-order valence-electron chi connectivity index (χ2n) is 8.72. The number of ether oxygens (including phenoxy) is 4. The fourth-order valence-corrected chi connectivity index (χ4v) is 5.40. The van der Waals surface area contributed by atoms with Gasteiger partial charge in [0.25, 0.3) is 0 Å². The number of hydrogen-bond donors (Lipinski definition) is 3. The van der Waals surface area contributed by atoms with E-state index in [0.29, 0.717) is 17.7 Å². The van der Waals surface area contributed by atoms with Crippen LogP contribution >= 0.6 is 7.44 Å². The van der Waals surface area contributed by atoms with Crippen LogP contribution in [0.1, 0.15) is 53.4 Å². The zero-order chi connectivity index (χ0) is 28.1. The van der Waals surface area contributed by atoms with Gasteiger partial charge in [-0.15, -0.1) is 0 Å². The molecule has 0 aromatic carbocycles. The number of aromatic nitrogens is 4. The number of esters is 2. The number of rotatable bonds is 18. The molecule has 2 aromatic rings. The van der Waals surface area contributed by atoms with Gasteiger partial charge in [-0.1, -0.05) is 26.7 Å². The lowest BCUT2D eigenvalue weighted by Crippen LogP contribution is -2.43. The lowest BCUT2D eigenvalue weighted by Gasteiger charge is -2.26. The standard InChI is InChI=1S/C23H40N7O7P/c1-6-8-11-36-21(31)16(3)28-38(33,29-17(4)22(32)37-12-9-7-2)15-35-13-10-30-14-25-18-19(30)26-23(24)27-20(18)34-5/h14,16-17H,6-13,15H2,1-5H3,(H2,24,26,27)(H2,28,29,33)/t16-,17-/m0/s1. The first-order chi connectivity index (χ1) is 18.1. The first-order valence-electron chi connectivity index (χ1n) is 12.7. The van der Waals surface area contributed by atoms with Crippen molar-refractivity contribution in [3.05, 3.63) is 6.33 Å². The van der Waals surface area contributed by atoms with Crippen LogP contribution in [0.15, 0.2) is 6.33 Å². The SMILES string of the molecule is CCCCOC(=O)[C@H](C)NP(=O)(COCCn1cnc2c(OC)nc(N)nc21)N[C@@H](C)C(=O)OCCCC. The maximum atomic E-state index is 13.8. The van der Waals surface area contributed by atoms with Gasteiger partial charge in [-0.05, 0) is 26.7 Å². The Morgan fingerprint density at radius 1 is 1.03 bits per heavy atom. The molecular weight excluding hydrogens is 517 g/mol. The average molecular weight is 558 g/mol. The summed E-state index contributed by atoms with van der Waals surface area (Å²) in [6, 6.07) is -1.80. The smallest absolute Gasteiger partial charge is 0.323 e. The monoisotopic (exact) mass is 557 g/mol. The Balaban J connectivity index is 2.05. The number of nitrogens with two attached hydrogens (primary N) is 1. The van der Waals surface area contributed by atoms with E-state index in [0.717, 1.165) is 25.7 Å². The molecule has 0 saturated carbocycles. The number of carbonyl (C=O) groups excluding carboxylic acids is 2. The predicted molar refractivity (Wildman–Crippen MR) is 142 cm³/mol. The van der Waals surface area contributed by atoms with Gasteiger partial charge in [0.15, 0.2) is 11.2 Å². The average Bonchev–Trinajstić information content (AvgIpc) is 3.28. The first-order valence-corrected chi connectivity index (χ1v) is 14.6. The van der Waals surface area contributed by atoms with Crippen LogP contribution < -0.4 is 20.6 Å². The molecule has 15 heteroatoms. The summed E-state index contributed by atoms with van der Waals surface area (Å²) in [5.74, 6) is -0.802. The molecule has 0 aliphatic rings. The van der Waals surface area contributed by atoms with E-state index in [1.807, 2.05) is 13.8 Å². The van der Waals surface area contributed by atoms with Gasteiger partial charge in [0.2, 0.25) is 19.3 Å². The highest BCUT2D eigenvalue weighted by Gasteiger charge is 2.32. The predicted octanol–water partition coefficient (Wildman–Crippen LogP) is 2.23. The number of hydrogen-bond acceptors (Lipinski definition) is 11. The summed E-state index contributed by atoms with van der Waals surface area (Å²) in [6.45, 7) is 8.02. The van der Waals surface area contributed by atoms with Crippen LogP contribution in [0.2, 0.25) is 0 Å². The van der Waals surface area contributed by atoms with Gasteiger partial charge in [0.05, 0.1) is 33.3 Å². The largest absolute Gasteiger partial charge is 0.479 e. The van der Waals surface area contributed by atoms with Crippen molar-refractivity contribution in [3.8, 4) is 5.88 Å². The molecule has 0 fully saturated rings. The minimum atomic E-state index is -3.61. The van der Waals surface area contributed by atoms with Crippen molar-refractivity contribution in [1.82, 2.24) is 29.7 Å². The zero-order valence-electron chi connectivity index (χ0n) is 22.8. The van der Waals surface area contributed by atoms with Crippen molar-refractivity contribution in [2.24, 2.45) is 0 Å². The van der Waals surface area contributed by atoms with Crippen molar-refractivity contribution in [2.75, 3.05) is 39.0 Å². The molecule has 14 nitrogen and oxygen atoms in total. The van der Waals surface area contributed by atoms with Gasteiger partial charge in [0, 0.05) is 6.54 Å². The minimum absolute atomic E-state index is 0.0366. The number of carbonyl (C=O) groups is 2. The van der Waals surface area contributed by atoms with E-state index in [9.17, 15) is 14.2 Å². The van der Waals surface area contributed by atoms with Crippen LogP contribution in [0.4, 0.5) is 5.95 Å². The van der Waals surface area contributed by atoms with Crippen molar-refractivity contribution in [3.63, 3.8) is 0 Å². The molecule has 0 radical (unpaired) electrons.